The zero-order valence-electron chi connectivity index (χ0n) is 15.8. The number of nitrogens with one attached hydrogen (secondary N) is 1. The normalized spacial score (nSPS) is 17.6. The third kappa shape index (κ3) is 5.03. The van der Waals surface area contributed by atoms with Crippen LogP contribution >= 0.6 is 0 Å². The van der Waals surface area contributed by atoms with E-state index in [1.165, 1.54) is 6.07 Å². The van der Waals surface area contributed by atoms with E-state index in [2.05, 4.69) is 20.2 Å². The van der Waals surface area contributed by atoms with E-state index in [0.717, 1.165) is 55.9 Å². The van der Waals surface area contributed by atoms with Crippen molar-refractivity contribution in [3.63, 3.8) is 0 Å². The number of halogens is 3. The van der Waals surface area contributed by atoms with Crippen molar-refractivity contribution in [3.8, 4) is 0 Å². The number of anilines is 4. The van der Waals surface area contributed by atoms with E-state index in [0.29, 0.717) is 6.54 Å². The second kappa shape index (κ2) is 8.22. The molecule has 1 fully saturated rings. The molecule has 1 aliphatic rings. The van der Waals surface area contributed by atoms with E-state index in [-0.39, 0.29) is 23.4 Å². The van der Waals surface area contributed by atoms with Gasteiger partial charge in [-0.05, 0) is 37.5 Å². The Morgan fingerprint density at radius 2 is 2.00 bits per heavy atom. The lowest BCUT2D eigenvalue weighted by molar-refractivity contribution is -0.137. The molecule has 1 aromatic heterocycles. The molecule has 0 spiro atoms. The second-order valence-electron chi connectivity index (χ2n) is 7.11. The fraction of sp³-hybridized carbons (Fsp3) is 0.474. The summed E-state index contributed by atoms with van der Waals surface area (Å²) >= 11 is 0. The summed E-state index contributed by atoms with van der Waals surface area (Å²) in [6.07, 6.45) is -0.897. The average molecular weight is 394 g/mol. The number of nitrogens with two attached hydrogens (primary N) is 2. The smallest absolute Gasteiger partial charge is 0.399 e. The molecule has 0 radical (unpaired) electrons. The lowest BCUT2D eigenvalue weighted by Gasteiger charge is -2.32. The summed E-state index contributed by atoms with van der Waals surface area (Å²) in [4.78, 5) is 11.1. The van der Waals surface area contributed by atoms with Gasteiger partial charge in [-0.3, -0.25) is 0 Å². The number of nitrogen functional groups attached to an aromatic ring is 1. The highest BCUT2D eigenvalue weighted by molar-refractivity contribution is 5.63. The summed E-state index contributed by atoms with van der Waals surface area (Å²) in [6, 6.07) is 5.34. The number of aromatic nitrogens is 2. The lowest BCUT2D eigenvalue weighted by Crippen LogP contribution is -2.43. The maximum absolute atomic E-state index is 13.1. The van der Waals surface area contributed by atoms with Gasteiger partial charge in [0.15, 0.2) is 0 Å². The van der Waals surface area contributed by atoms with Crippen molar-refractivity contribution in [3.05, 3.63) is 35.5 Å². The number of aryl methyl sites for hydroxylation is 1. The van der Waals surface area contributed by atoms with Crippen LogP contribution in [0.3, 0.4) is 0 Å². The first-order valence-corrected chi connectivity index (χ1v) is 9.38. The predicted octanol–water partition coefficient (Wildman–Crippen LogP) is 3.70. The molecule has 1 atom stereocenters. The van der Waals surface area contributed by atoms with Gasteiger partial charge >= 0.3 is 6.18 Å². The monoisotopic (exact) mass is 394 g/mol. The number of nitrogens with zero attached hydrogens (tertiary/aromatic N) is 3. The quantitative estimate of drug-likeness (QED) is 0.670. The van der Waals surface area contributed by atoms with E-state index < -0.39 is 11.7 Å². The predicted molar refractivity (Wildman–Crippen MR) is 105 cm³/mol. The number of rotatable bonds is 5. The fourth-order valence-electron chi connectivity index (χ4n) is 3.32. The van der Waals surface area contributed by atoms with Gasteiger partial charge in [-0.2, -0.15) is 18.2 Å². The molecule has 0 aliphatic carbocycles. The van der Waals surface area contributed by atoms with E-state index >= 15 is 0 Å². The van der Waals surface area contributed by atoms with Gasteiger partial charge in [0.25, 0.3) is 0 Å². The molecular weight excluding hydrogens is 369 g/mol. The Kier molecular flexibility index (Phi) is 5.93. The average Bonchev–Trinajstić information content (AvgIpc) is 2.60. The second-order valence-corrected chi connectivity index (χ2v) is 7.11. The number of benzene rings is 1. The molecule has 6 nitrogen and oxygen atoms in total. The number of hydrogen-bond donors (Lipinski definition) is 3. The van der Waals surface area contributed by atoms with E-state index in [9.17, 15) is 13.2 Å². The summed E-state index contributed by atoms with van der Waals surface area (Å²) < 4.78 is 39.2. The largest absolute Gasteiger partial charge is 0.416 e. The summed E-state index contributed by atoms with van der Waals surface area (Å²) in [5.41, 5.74) is 11.9. The van der Waals surface area contributed by atoms with Gasteiger partial charge in [-0.15, -0.1) is 0 Å². The van der Waals surface area contributed by atoms with Crippen LogP contribution in [0.25, 0.3) is 0 Å². The lowest BCUT2D eigenvalue weighted by atomic mass is 10.1. The Bertz CT molecular complexity index is 824. The highest BCUT2D eigenvalue weighted by atomic mass is 19.4. The van der Waals surface area contributed by atoms with Crippen molar-refractivity contribution in [1.82, 2.24) is 9.97 Å². The highest BCUT2D eigenvalue weighted by Gasteiger charge is 2.31. The summed E-state index contributed by atoms with van der Waals surface area (Å²) in [7, 11) is 0. The SMILES string of the molecule is CCCc1cc(N2CCC[C@@H](N)C2)nc(Nc2cc(N)cc(C(F)(F)F)c2)n1. The molecule has 152 valence electrons. The standard InChI is InChI=1S/C19H25F3N6/c1-2-4-15-10-17(28-6-3-5-13(23)11-28)27-18(25-15)26-16-8-12(19(20,21)22)7-14(24)9-16/h7-10,13H,2-6,11,23-24H2,1H3,(H,25,26,27)/t13-/m1/s1. The van der Waals surface area contributed by atoms with Crippen LogP contribution in [0.15, 0.2) is 24.3 Å². The van der Waals surface area contributed by atoms with Crippen molar-refractivity contribution < 1.29 is 13.2 Å². The minimum atomic E-state index is -4.48. The van der Waals surface area contributed by atoms with Gasteiger partial charge in [0, 0.05) is 42.3 Å². The van der Waals surface area contributed by atoms with Crippen LogP contribution in [0.4, 0.5) is 36.3 Å². The molecule has 0 saturated carbocycles. The third-order valence-electron chi connectivity index (χ3n) is 4.59. The highest BCUT2D eigenvalue weighted by Crippen LogP contribution is 2.33. The third-order valence-corrected chi connectivity index (χ3v) is 4.59. The summed E-state index contributed by atoms with van der Waals surface area (Å²) in [5.74, 6) is 0.981. The van der Waals surface area contributed by atoms with Crippen LogP contribution in [-0.2, 0) is 12.6 Å². The molecule has 2 heterocycles. The molecule has 0 unspecified atom stereocenters. The van der Waals surface area contributed by atoms with Gasteiger partial charge in [0.2, 0.25) is 5.95 Å². The minimum Gasteiger partial charge on any atom is -0.399 e. The van der Waals surface area contributed by atoms with Crippen molar-refractivity contribution in [2.45, 2.75) is 44.8 Å². The molecule has 0 amide bonds. The first-order valence-electron chi connectivity index (χ1n) is 9.38. The van der Waals surface area contributed by atoms with Gasteiger partial charge in [0.05, 0.1) is 5.56 Å². The maximum atomic E-state index is 13.1. The zero-order valence-corrected chi connectivity index (χ0v) is 15.8. The first-order chi connectivity index (χ1) is 13.2. The summed E-state index contributed by atoms with van der Waals surface area (Å²) in [5, 5.41) is 2.89. The van der Waals surface area contributed by atoms with E-state index in [4.69, 9.17) is 11.5 Å². The number of piperidine rings is 1. The topological polar surface area (TPSA) is 93.1 Å². The molecule has 0 bridgehead atoms. The van der Waals surface area contributed by atoms with Crippen LogP contribution in [-0.4, -0.2) is 29.1 Å². The molecule has 1 aliphatic heterocycles. The van der Waals surface area contributed by atoms with Crippen molar-refractivity contribution in [1.29, 1.82) is 0 Å². The molecule has 28 heavy (non-hydrogen) atoms. The number of alkyl halides is 3. The van der Waals surface area contributed by atoms with Gasteiger partial charge in [-0.25, -0.2) is 4.98 Å². The zero-order chi connectivity index (χ0) is 20.3. The van der Waals surface area contributed by atoms with E-state index in [1.807, 2.05) is 13.0 Å². The Hall–Kier alpha value is -2.55. The van der Waals surface area contributed by atoms with Crippen LogP contribution in [0.5, 0.6) is 0 Å². The van der Waals surface area contributed by atoms with Gasteiger partial charge in [-0.1, -0.05) is 13.3 Å². The Balaban J connectivity index is 1.92. The molecule has 9 heteroatoms. The first kappa shape index (κ1) is 20.2. The van der Waals surface area contributed by atoms with Crippen LogP contribution in [0.2, 0.25) is 0 Å². The van der Waals surface area contributed by atoms with Crippen molar-refractivity contribution in [2.75, 3.05) is 29.0 Å². The van der Waals surface area contributed by atoms with Crippen LogP contribution in [0.1, 0.15) is 37.4 Å². The Labute approximate surface area is 162 Å². The Morgan fingerprint density at radius 1 is 1.21 bits per heavy atom. The Morgan fingerprint density at radius 3 is 2.68 bits per heavy atom. The van der Waals surface area contributed by atoms with Crippen LogP contribution < -0.4 is 21.7 Å². The van der Waals surface area contributed by atoms with Crippen molar-refractivity contribution in [2.24, 2.45) is 5.73 Å². The van der Waals surface area contributed by atoms with Gasteiger partial charge in [0.1, 0.15) is 5.82 Å². The number of hydrogen-bond acceptors (Lipinski definition) is 6. The summed E-state index contributed by atoms with van der Waals surface area (Å²) in [6.45, 7) is 3.57. The molecule has 1 aromatic carbocycles. The van der Waals surface area contributed by atoms with E-state index in [1.54, 1.807) is 0 Å². The van der Waals surface area contributed by atoms with Crippen molar-refractivity contribution >= 4 is 23.1 Å². The molecule has 3 rings (SSSR count). The van der Waals surface area contributed by atoms with Gasteiger partial charge < -0.3 is 21.7 Å². The molecule has 2 aromatic rings. The maximum Gasteiger partial charge on any atom is 0.416 e. The molecule has 5 N–H and O–H groups in total. The molecule has 1 saturated heterocycles. The fourth-order valence-corrected chi connectivity index (χ4v) is 3.32. The van der Waals surface area contributed by atoms with Crippen LogP contribution in [0, 0.1) is 0 Å². The molecular formula is C19H25F3N6. The minimum absolute atomic E-state index is 0.0178.